The van der Waals surface area contributed by atoms with Gasteiger partial charge in [-0.15, -0.1) is 11.3 Å². The van der Waals surface area contributed by atoms with Gasteiger partial charge in [0, 0.05) is 12.3 Å². The van der Waals surface area contributed by atoms with Gasteiger partial charge in [0.2, 0.25) is 0 Å². The minimum absolute atomic E-state index is 0.300. The number of hydrogen-bond acceptors (Lipinski definition) is 4. The molecule has 1 aromatic heterocycles. The molecule has 3 rings (SSSR count). The van der Waals surface area contributed by atoms with Gasteiger partial charge in [-0.05, 0) is 38.5 Å². The summed E-state index contributed by atoms with van der Waals surface area (Å²) in [5, 5.41) is 4.67. The second-order valence-corrected chi connectivity index (χ2v) is 5.77. The predicted molar refractivity (Wildman–Crippen MR) is 71.8 cm³/mol. The van der Waals surface area contributed by atoms with Crippen LogP contribution in [-0.4, -0.2) is 23.7 Å². The average molecular weight is 248 g/mol. The molecule has 90 valence electrons. The molecule has 17 heavy (non-hydrogen) atoms. The maximum absolute atomic E-state index is 5.56. The van der Waals surface area contributed by atoms with Crippen LogP contribution in [-0.2, 0) is 4.74 Å². The van der Waals surface area contributed by atoms with Gasteiger partial charge in [-0.25, -0.2) is 4.98 Å². The summed E-state index contributed by atoms with van der Waals surface area (Å²) in [5.41, 5.74) is 2.26. The molecule has 1 N–H and O–H groups in total. The molecule has 2 atom stereocenters. The van der Waals surface area contributed by atoms with Crippen molar-refractivity contribution >= 4 is 27.2 Å². The molecule has 1 saturated heterocycles. The number of aromatic nitrogens is 1. The third-order valence-corrected chi connectivity index (χ3v) is 4.16. The molecule has 0 bridgehead atoms. The summed E-state index contributed by atoms with van der Waals surface area (Å²) in [6.07, 6.45) is 1.38. The van der Waals surface area contributed by atoms with Gasteiger partial charge < -0.3 is 10.1 Å². The summed E-state index contributed by atoms with van der Waals surface area (Å²) in [7, 11) is 0. The molecule has 1 aromatic carbocycles. The van der Waals surface area contributed by atoms with Crippen molar-refractivity contribution in [2.75, 3.05) is 11.9 Å². The summed E-state index contributed by atoms with van der Waals surface area (Å²) in [4.78, 5) is 4.47. The average Bonchev–Trinajstić information content (AvgIpc) is 2.84. The molecule has 2 unspecified atom stereocenters. The van der Waals surface area contributed by atoms with E-state index in [1.807, 2.05) is 6.92 Å². The molecule has 1 aliphatic rings. The van der Waals surface area contributed by atoms with Crippen molar-refractivity contribution in [3.05, 3.63) is 23.2 Å². The van der Waals surface area contributed by atoms with Gasteiger partial charge in [0.1, 0.15) is 0 Å². The molecule has 0 radical (unpaired) electrons. The fourth-order valence-corrected chi connectivity index (χ4v) is 3.13. The molecule has 2 aromatic rings. The van der Waals surface area contributed by atoms with Crippen LogP contribution in [0.4, 0.5) is 5.69 Å². The molecular formula is C13H16N2OS. The number of ether oxygens (including phenoxy) is 1. The summed E-state index contributed by atoms with van der Waals surface area (Å²) in [5.74, 6) is 0. The van der Waals surface area contributed by atoms with Crippen molar-refractivity contribution in [1.82, 2.24) is 4.98 Å². The zero-order valence-electron chi connectivity index (χ0n) is 10.1. The number of hydrogen-bond donors (Lipinski definition) is 1. The normalized spacial score (nSPS) is 24.4. The lowest BCUT2D eigenvalue weighted by molar-refractivity contribution is 0.121. The largest absolute Gasteiger partial charge is 0.380 e. The number of nitrogens with one attached hydrogen (secondary N) is 1. The van der Waals surface area contributed by atoms with Crippen molar-refractivity contribution in [3.8, 4) is 0 Å². The van der Waals surface area contributed by atoms with Gasteiger partial charge in [-0.1, -0.05) is 0 Å². The van der Waals surface area contributed by atoms with Crippen molar-refractivity contribution in [1.29, 1.82) is 0 Å². The van der Waals surface area contributed by atoms with E-state index in [4.69, 9.17) is 4.74 Å². The van der Waals surface area contributed by atoms with E-state index in [1.54, 1.807) is 11.3 Å². The molecule has 0 saturated carbocycles. The van der Waals surface area contributed by atoms with Crippen LogP contribution >= 0.6 is 11.3 Å². The van der Waals surface area contributed by atoms with Crippen LogP contribution in [0.15, 0.2) is 18.2 Å². The number of nitrogens with zero attached hydrogens (tertiary/aromatic N) is 1. The van der Waals surface area contributed by atoms with Gasteiger partial charge in [0.25, 0.3) is 0 Å². The second-order valence-electron chi connectivity index (χ2n) is 4.53. The van der Waals surface area contributed by atoms with E-state index in [-0.39, 0.29) is 0 Å². The first-order valence-corrected chi connectivity index (χ1v) is 6.79. The van der Waals surface area contributed by atoms with Crippen LogP contribution in [0.3, 0.4) is 0 Å². The maximum Gasteiger partial charge on any atom is 0.0907 e. The summed E-state index contributed by atoms with van der Waals surface area (Å²) < 4.78 is 6.81. The first kappa shape index (κ1) is 11.0. The summed E-state index contributed by atoms with van der Waals surface area (Å²) >= 11 is 1.74. The number of aryl methyl sites for hydroxylation is 1. The van der Waals surface area contributed by atoms with Crippen LogP contribution < -0.4 is 5.32 Å². The minimum atomic E-state index is 0.300. The Kier molecular flexibility index (Phi) is 2.76. The van der Waals surface area contributed by atoms with Crippen molar-refractivity contribution < 1.29 is 4.74 Å². The molecule has 3 nitrogen and oxygen atoms in total. The van der Waals surface area contributed by atoms with Gasteiger partial charge >= 0.3 is 0 Å². The molecule has 0 aliphatic carbocycles. The topological polar surface area (TPSA) is 34.2 Å². The molecule has 0 spiro atoms. The van der Waals surface area contributed by atoms with Gasteiger partial charge in [-0.3, -0.25) is 0 Å². The lowest BCUT2D eigenvalue weighted by Crippen LogP contribution is -2.26. The third kappa shape index (κ3) is 2.15. The zero-order valence-corrected chi connectivity index (χ0v) is 10.9. The summed E-state index contributed by atoms with van der Waals surface area (Å²) in [6, 6.07) is 6.81. The monoisotopic (exact) mass is 248 g/mol. The Labute approximate surface area is 105 Å². The second kappa shape index (κ2) is 4.27. The Bertz CT molecular complexity index is 537. The Morgan fingerprint density at radius 2 is 2.35 bits per heavy atom. The van der Waals surface area contributed by atoms with Gasteiger partial charge in [0.15, 0.2) is 0 Å². The van der Waals surface area contributed by atoms with Gasteiger partial charge in [0.05, 0.1) is 27.4 Å². The van der Waals surface area contributed by atoms with E-state index in [1.165, 1.54) is 10.4 Å². The van der Waals surface area contributed by atoms with Crippen molar-refractivity contribution in [2.24, 2.45) is 0 Å². The first-order chi connectivity index (χ1) is 8.22. The van der Waals surface area contributed by atoms with Crippen LogP contribution in [0.2, 0.25) is 0 Å². The SMILES string of the molecule is Cc1nc2ccc(NC3CCOC3C)cc2s1. The third-order valence-electron chi connectivity index (χ3n) is 3.22. The van der Waals surface area contributed by atoms with E-state index in [9.17, 15) is 0 Å². The molecule has 1 aliphatic heterocycles. The lowest BCUT2D eigenvalue weighted by Gasteiger charge is -2.17. The Hall–Kier alpha value is -1.13. The van der Waals surface area contributed by atoms with Gasteiger partial charge in [-0.2, -0.15) is 0 Å². The predicted octanol–water partition coefficient (Wildman–Crippen LogP) is 3.19. The van der Waals surface area contributed by atoms with E-state index in [2.05, 4.69) is 35.4 Å². The van der Waals surface area contributed by atoms with E-state index in [0.29, 0.717) is 12.1 Å². The first-order valence-electron chi connectivity index (χ1n) is 5.98. The molecule has 2 heterocycles. The lowest BCUT2D eigenvalue weighted by atomic mass is 10.1. The highest BCUT2D eigenvalue weighted by Crippen LogP contribution is 2.26. The standard InChI is InChI=1S/C13H16N2OS/c1-8-11(5-6-16-8)15-10-3-4-12-13(7-10)17-9(2)14-12/h3-4,7-8,11,15H,5-6H2,1-2H3. The van der Waals surface area contributed by atoms with E-state index >= 15 is 0 Å². The highest BCUT2D eigenvalue weighted by atomic mass is 32.1. The molecule has 0 amide bonds. The zero-order chi connectivity index (χ0) is 11.8. The van der Waals surface area contributed by atoms with Crippen LogP contribution in [0.5, 0.6) is 0 Å². The number of fused-ring (bicyclic) bond motifs is 1. The number of anilines is 1. The van der Waals surface area contributed by atoms with Crippen LogP contribution in [0.25, 0.3) is 10.2 Å². The quantitative estimate of drug-likeness (QED) is 0.886. The van der Waals surface area contributed by atoms with Crippen LogP contribution in [0, 0.1) is 6.92 Å². The fraction of sp³-hybridized carbons (Fsp3) is 0.462. The fourth-order valence-electron chi connectivity index (χ4n) is 2.26. The number of rotatable bonds is 2. The number of benzene rings is 1. The Balaban J connectivity index is 1.85. The number of thiazole rings is 1. The maximum atomic E-state index is 5.56. The highest BCUT2D eigenvalue weighted by Gasteiger charge is 2.23. The highest BCUT2D eigenvalue weighted by molar-refractivity contribution is 7.18. The molecule has 4 heteroatoms. The van der Waals surface area contributed by atoms with Crippen molar-refractivity contribution in [2.45, 2.75) is 32.4 Å². The van der Waals surface area contributed by atoms with Crippen LogP contribution in [0.1, 0.15) is 18.4 Å². The Morgan fingerprint density at radius 1 is 1.47 bits per heavy atom. The Morgan fingerprint density at radius 3 is 3.12 bits per heavy atom. The summed E-state index contributed by atoms with van der Waals surface area (Å²) in [6.45, 7) is 5.03. The van der Waals surface area contributed by atoms with E-state index in [0.717, 1.165) is 23.6 Å². The minimum Gasteiger partial charge on any atom is -0.380 e. The van der Waals surface area contributed by atoms with Crippen molar-refractivity contribution in [3.63, 3.8) is 0 Å². The molecular weight excluding hydrogens is 232 g/mol. The van der Waals surface area contributed by atoms with E-state index < -0.39 is 0 Å². The molecule has 1 fully saturated rings. The smallest absolute Gasteiger partial charge is 0.0907 e.